The molecule has 0 saturated carbocycles. The number of thiazole rings is 1. The minimum Gasteiger partial charge on any atom is -0.467 e. The maximum Gasteiger partial charge on any atom is 0.274 e. The molecular weight excluding hydrogens is 531 g/mol. The lowest BCUT2D eigenvalue weighted by molar-refractivity contribution is 0.133. The molecule has 37 heavy (non-hydrogen) atoms. The summed E-state index contributed by atoms with van der Waals surface area (Å²) < 4.78 is 28.5. The lowest BCUT2D eigenvalue weighted by Gasteiger charge is -2.31. The Kier molecular flexibility index (Phi) is 7.40. The number of aromatic nitrogens is 3. The van der Waals surface area contributed by atoms with E-state index in [1.807, 2.05) is 19.1 Å². The minimum atomic E-state index is -3.24. The first-order valence-corrected chi connectivity index (χ1v) is 15.4. The van der Waals surface area contributed by atoms with Crippen molar-refractivity contribution in [1.82, 2.24) is 15.2 Å². The van der Waals surface area contributed by atoms with Crippen LogP contribution in [0.5, 0.6) is 5.19 Å². The zero-order chi connectivity index (χ0) is 26.2. The summed E-state index contributed by atoms with van der Waals surface area (Å²) in [5, 5.41) is 22.4. The second-order valence-corrected chi connectivity index (χ2v) is 13.8. The molecule has 0 amide bonds. The van der Waals surface area contributed by atoms with Crippen LogP contribution in [0.2, 0.25) is 0 Å². The van der Waals surface area contributed by atoms with Gasteiger partial charge in [0.25, 0.3) is 5.19 Å². The zero-order valence-electron chi connectivity index (χ0n) is 21.0. The largest absolute Gasteiger partial charge is 0.467 e. The van der Waals surface area contributed by atoms with Crippen LogP contribution in [0.3, 0.4) is 0 Å². The molecule has 0 spiro atoms. The van der Waals surface area contributed by atoms with Crippen LogP contribution in [-0.4, -0.2) is 65.8 Å². The first kappa shape index (κ1) is 26.3. The summed E-state index contributed by atoms with van der Waals surface area (Å²) in [5.74, 6) is 0. The molecule has 0 radical (unpaired) electrons. The number of benzene rings is 1. The monoisotopic (exact) mass is 561 g/mol. The number of fused-ring (bicyclic) bond motifs is 1. The summed E-state index contributed by atoms with van der Waals surface area (Å²) in [6.07, 6.45) is 5.77. The van der Waals surface area contributed by atoms with Crippen molar-refractivity contribution in [3.63, 3.8) is 0 Å². The molecule has 0 unspecified atom stereocenters. The molecular formula is C25H31N5O4S3. The van der Waals surface area contributed by atoms with E-state index in [-0.39, 0.29) is 11.1 Å². The summed E-state index contributed by atoms with van der Waals surface area (Å²) in [6, 6.07) is 6.06. The van der Waals surface area contributed by atoms with E-state index in [4.69, 9.17) is 4.74 Å². The fourth-order valence-corrected chi connectivity index (χ4v) is 7.09. The van der Waals surface area contributed by atoms with Crippen LogP contribution >= 0.6 is 33.3 Å². The van der Waals surface area contributed by atoms with Crippen molar-refractivity contribution in [3.05, 3.63) is 46.3 Å². The quantitative estimate of drug-likeness (QED) is 0.349. The molecule has 0 bridgehead atoms. The summed E-state index contributed by atoms with van der Waals surface area (Å²) in [7, 11) is -3.24. The molecule has 3 aromatic rings. The van der Waals surface area contributed by atoms with E-state index in [1.165, 1.54) is 22.8 Å². The third-order valence-corrected chi connectivity index (χ3v) is 9.34. The van der Waals surface area contributed by atoms with Crippen LogP contribution in [-0.2, 0) is 0 Å². The maximum atomic E-state index is 10.6. The molecule has 3 N–H and O–H groups in total. The fourth-order valence-electron chi connectivity index (χ4n) is 4.17. The Bertz CT molecular complexity index is 1360. The topological polar surface area (TPSA) is 124 Å². The molecule has 2 aliphatic heterocycles. The first-order valence-electron chi connectivity index (χ1n) is 12.1. The lowest BCUT2D eigenvalue weighted by atomic mass is 10.0. The van der Waals surface area contributed by atoms with Crippen molar-refractivity contribution in [2.24, 2.45) is 4.99 Å². The standard InChI is InChI=1S/C25H31N5O4S3/c1-16-28-29-23(35-16)30-11-7-19(8-12-30)34-24-27-20-5-4-17(14-21(20)36-24)18-6-10-26-22(15-18)37(32,33)13-9-25(2,3)31/h4-5,9,13-15,19,31-33H,6-8,10-12H2,1-3H3. The molecule has 198 valence electrons. The summed E-state index contributed by atoms with van der Waals surface area (Å²) in [5.41, 5.74) is 1.72. The van der Waals surface area contributed by atoms with Crippen molar-refractivity contribution >= 4 is 59.2 Å². The highest BCUT2D eigenvalue weighted by atomic mass is 32.3. The molecule has 1 aromatic carbocycles. The smallest absolute Gasteiger partial charge is 0.274 e. The number of dihydropyridines is 1. The predicted octanol–water partition coefficient (Wildman–Crippen LogP) is 5.72. The van der Waals surface area contributed by atoms with Crippen molar-refractivity contribution in [2.45, 2.75) is 51.7 Å². The van der Waals surface area contributed by atoms with Gasteiger partial charge in [-0.15, -0.1) is 20.8 Å². The number of aliphatic imine (C=N–C) groups is 1. The van der Waals surface area contributed by atoms with Gasteiger partial charge in [0.2, 0.25) is 5.13 Å². The van der Waals surface area contributed by atoms with Gasteiger partial charge in [0.15, 0.2) is 0 Å². The highest BCUT2D eigenvalue weighted by Crippen LogP contribution is 2.45. The van der Waals surface area contributed by atoms with Crippen LogP contribution in [0.15, 0.2) is 40.8 Å². The average Bonchev–Trinajstić information content (AvgIpc) is 3.48. The molecule has 5 rings (SSSR count). The van der Waals surface area contributed by atoms with Crippen LogP contribution in [0.1, 0.15) is 43.7 Å². The van der Waals surface area contributed by atoms with Crippen LogP contribution in [0, 0.1) is 6.92 Å². The molecule has 0 atom stereocenters. The van der Waals surface area contributed by atoms with E-state index in [9.17, 15) is 14.2 Å². The van der Waals surface area contributed by atoms with Gasteiger partial charge in [-0.25, -0.2) is 4.98 Å². The van der Waals surface area contributed by atoms with E-state index in [0.717, 1.165) is 57.4 Å². The van der Waals surface area contributed by atoms with Gasteiger partial charge >= 0.3 is 0 Å². The number of nitrogens with zero attached hydrogens (tertiary/aromatic N) is 5. The van der Waals surface area contributed by atoms with Gasteiger partial charge in [0, 0.05) is 37.9 Å². The maximum absolute atomic E-state index is 10.6. The third kappa shape index (κ3) is 6.39. The third-order valence-electron chi connectivity index (χ3n) is 6.15. The van der Waals surface area contributed by atoms with Crippen LogP contribution in [0.4, 0.5) is 5.13 Å². The lowest BCUT2D eigenvalue weighted by Crippen LogP contribution is -2.38. The van der Waals surface area contributed by atoms with E-state index < -0.39 is 16.2 Å². The van der Waals surface area contributed by atoms with Gasteiger partial charge in [-0.2, -0.15) is 0 Å². The van der Waals surface area contributed by atoms with Gasteiger partial charge in [-0.05, 0) is 62.6 Å². The van der Waals surface area contributed by atoms with Crippen molar-refractivity contribution < 1.29 is 18.9 Å². The Morgan fingerprint density at radius 1 is 1.16 bits per heavy atom. The van der Waals surface area contributed by atoms with Crippen molar-refractivity contribution in [1.29, 1.82) is 0 Å². The average molecular weight is 562 g/mol. The zero-order valence-corrected chi connectivity index (χ0v) is 23.4. The van der Waals surface area contributed by atoms with Gasteiger partial charge in [0.1, 0.15) is 16.2 Å². The minimum absolute atomic E-state index is 0.118. The fraction of sp³-hybridized carbons (Fsp3) is 0.440. The van der Waals surface area contributed by atoms with Crippen molar-refractivity contribution in [3.8, 4) is 5.19 Å². The summed E-state index contributed by atoms with van der Waals surface area (Å²) in [4.78, 5) is 11.3. The number of rotatable bonds is 6. The molecule has 1 saturated heterocycles. The van der Waals surface area contributed by atoms with Crippen LogP contribution in [0.25, 0.3) is 15.8 Å². The second-order valence-electron chi connectivity index (χ2n) is 9.76. The van der Waals surface area contributed by atoms with Gasteiger partial charge < -0.3 is 14.7 Å². The van der Waals surface area contributed by atoms with Gasteiger partial charge in [-0.1, -0.05) is 28.7 Å². The number of hydrogen-bond donors (Lipinski definition) is 3. The Morgan fingerprint density at radius 3 is 2.65 bits per heavy atom. The normalized spacial score (nSPS) is 18.4. The molecule has 12 heteroatoms. The number of aliphatic hydroxyl groups is 1. The molecule has 9 nitrogen and oxygen atoms in total. The molecule has 0 aliphatic carbocycles. The number of hydrogen-bond acceptors (Lipinski definition) is 11. The van der Waals surface area contributed by atoms with Crippen LogP contribution < -0.4 is 9.64 Å². The van der Waals surface area contributed by atoms with Crippen molar-refractivity contribution in [2.75, 3.05) is 24.5 Å². The molecule has 2 aromatic heterocycles. The summed E-state index contributed by atoms with van der Waals surface area (Å²) >= 11 is 3.15. The Labute approximate surface area is 225 Å². The number of aryl methyl sites for hydroxylation is 1. The first-order chi connectivity index (χ1) is 17.6. The number of ether oxygens (including phenoxy) is 1. The molecule has 2 aliphatic rings. The Hall–Kier alpha value is -2.35. The predicted molar refractivity (Wildman–Crippen MR) is 153 cm³/mol. The van der Waals surface area contributed by atoms with Gasteiger partial charge in [0.05, 0.1) is 15.8 Å². The Morgan fingerprint density at radius 2 is 1.95 bits per heavy atom. The molecule has 1 fully saturated rings. The number of piperidine rings is 1. The van der Waals surface area contributed by atoms with Gasteiger partial charge in [-0.3, -0.25) is 14.1 Å². The van der Waals surface area contributed by atoms with E-state index >= 15 is 0 Å². The highest BCUT2D eigenvalue weighted by molar-refractivity contribution is 8.39. The van der Waals surface area contributed by atoms with E-state index in [2.05, 4.69) is 31.1 Å². The Balaban J connectivity index is 1.27. The summed E-state index contributed by atoms with van der Waals surface area (Å²) in [6.45, 7) is 7.37. The highest BCUT2D eigenvalue weighted by Gasteiger charge is 2.24. The second kappa shape index (κ2) is 10.4. The SMILES string of the molecule is Cc1nnc(N2CCC(Oc3nc4ccc(C5=CC(S(O)(O)C=CC(C)(C)O)=NCC5)cc4s3)CC2)s1. The molecule has 4 heterocycles. The number of anilines is 1. The van der Waals surface area contributed by atoms with E-state index in [0.29, 0.717) is 18.2 Å². The van der Waals surface area contributed by atoms with E-state index in [1.54, 1.807) is 31.3 Å².